The van der Waals surface area contributed by atoms with Crippen LogP contribution >= 0.6 is 0 Å². The minimum atomic E-state index is -0.859. The number of nitrogens with one attached hydrogen (secondary N) is 1. The molecule has 28 heavy (non-hydrogen) atoms. The average molecular weight is 383 g/mol. The van der Waals surface area contributed by atoms with Gasteiger partial charge < -0.3 is 30.3 Å². The highest BCUT2D eigenvalue weighted by Gasteiger charge is 2.34. The first-order chi connectivity index (χ1) is 13.5. The Balaban J connectivity index is 1.82. The fraction of sp³-hybridized carbons (Fsp3) is 0.300. The molecule has 1 atom stereocenters. The molecule has 3 rings (SSSR count). The van der Waals surface area contributed by atoms with Crippen molar-refractivity contribution in [3.05, 3.63) is 58.7 Å². The summed E-state index contributed by atoms with van der Waals surface area (Å²) in [5.41, 5.74) is 1.24. The number of nitriles is 1. The number of methoxy groups -OCH3 is 1. The molecule has 0 saturated carbocycles. The third kappa shape index (κ3) is 3.40. The van der Waals surface area contributed by atoms with Crippen LogP contribution in [-0.2, 0) is 9.53 Å². The van der Waals surface area contributed by atoms with Crippen LogP contribution in [0.3, 0.4) is 0 Å². The summed E-state index contributed by atoms with van der Waals surface area (Å²) in [5, 5.41) is 41.5. The smallest absolute Gasteiger partial charge is 0.342 e. The lowest BCUT2D eigenvalue weighted by Gasteiger charge is -2.25. The van der Waals surface area contributed by atoms with E-state index in [0.29, 0.717) is 5.69 Å². The van der Waals surface area contributed by atoms with Crippen molar-refractivity contribution >= 4 is 17.3 Å². The van der Waals surface area contributed by atoms with E-state index in [4.69, 9.17) is 0 Å². The van der Waals surface area contributed by atoms with E-state index in [-0.39, 0.29) is 29.4 Å². The molecule has 8 heteroatoms. The molecule has 8 nitrogen and oxygen atoms in total. The first kappa shape index (κ1) is 19.3. The van der Waals surface area contributed by atoms with Crippen LogP contribution in [0.5, 0.6) is 0 Å². The molecular weight excluding hydrogens is 362 g/mol. The van der Waals surface area contributed by atoms with Crippen LogP contribution in [0.2, 0.25) is 0 Å². The van der Waals surface area contributed by atoms with Gasteiger partial charge in [0.15, 0.2) is 11.5 Å². The predicted molar refractivity (Wildman–Crippen MR) is 103 cm³/mol. The zero-order chi connectivity index (χ0) is 20.3. The Bertz CT molecular complexity index is 909. The van der Waals surface area contributed by atoms with Gasteiger partial charge >= 0.3 is 5.97 Å². The van der Waals surface area contributed by atoms with Crippen LogP contribution in [0.15, 0.2) is 58.7 Å². The Labute approximate surface area is 162 Å². The molecular formula is C20H21N3O5. The maximum absolute atomic E-state index is 11.9. The van der Waals surface area contributed by atoms with Crippen LogP contribution in [0.4, 0.5) is 11.4 Å². The largest absolute Gasteiger partial charge is 0.504 e. The van der Waals surface area contributed by atoms with Gasteiger partial charge in [0, 0.05) is 29.7 Å². The van der Waals surface area contributed by atoms with Crippen molar-refractivity contribution < 1.29 is 24.9 Å². The van der Waals surface area contributed by atoms with Crippen molar-refractivity contribution in [1.29, 1.82) is 5.26 Å². The van der Waals surface area contributed by atoms with E-state index in [1.165, 1.54) is 6.20 Å². The number of aliphatic hydroxyl groups is 3. The van der Waals surface area contributed by atoms with Crippen molar-refractivity contribution in [2.75, 3.05) is 30.5 Å². The second kappa shape index (κ2) is 8.06. The quantitative estimate of drug-likeness (QED) is 0.571. The van der Waals surface area contributed by atoms with Crippen molar-refractivity contribution in [3.8, 4) is 6.07 Å². The molecule has 1 aromatic rings. The summed E-state index contributed by atoms with van der Waals surface area (Å²) in [4.78, 5) is 14.1. The van der Waals surface area contributed by atoms with Gasteiger partial charge in [0.25, 0.3) is 0 Å². The molecule has 1 heterocycles. The van der Waals surface area contributed by atoms with Crippen molar-refractivity contribution in [2.24, 2.45) is 0 Å². The number of carbonyl (C=O) groups excluding carboxylic acids is 1. The summed E-state index contributed by atoms with van der Waals surface area (Å²) in [6.45, 7) is 1.01. The van der Waals surface area contributed by atoms with Crippen LogP contribution in [-0.4, -0.2) is 47.6 Å². The summed E-state index contributed by atoms with van der Waals surface area (Å²) in [6, 6.07) is 9.38. The molecule has 1 saturated heterocycles. The van der Waals surface area contributed by atoms with Gasteiger partial charge in [0.05, 0.1) is 19.8 Å². The SMILES string of the molecule is COC(=O)C1=C(O)C(O)=C(C#N)/C1=C\Nc1ccc(N2CCC[C@H]2CO)cc1. The highest BCUT2D eigenvalue weighted by molar-refractivity contribution is 5.99. The lowest BCUT2D eigenvalue weighted by Crippen LogP contribution is -2.31. The van der Waals surface area contributed by atoms with E-state index in [1.807, 2.05) is 24.3 Å². The third-order valence-electron chi connectivity index (χ3n) is 4.91. The van der Waals surface area contributed by atoms with Crippen molar-refractivity contribution in [2.45, 2.75) is 18.9 Å². The van der Waals surface area contributed by atoms with E-state index in [9.17, 15) is 25.4 Å². The summed E-state index contributed by atoms with van der Waals surface area (Å²) in [5.74, 6) is -2.20. The van der Waals surface area contributed by atoms with E-state index in [0.717, 1.165) is 32.2 Å². The number of ether oxygens (including phenoxy) is 1. The van der Waals surface area contributed by atoms with Gasteiger partial charge in [-0.2, -0.15) is 5.26 Å². The standard InChI is InChI=1S/C20H21N3O5/c1-28-20(27)17-16(15(9-21)18(25)19(17)26)10-22-12-4-6-13(7-5-12)23-8-2-3-14(23)11-24/h4-7,10,14,22,24-26H,2-3,8,11H2,1H3/b16-10+/t14-/m0/s1. The number of hydrogen-bond acceptors (Lipinski definition) is 8. The Hall–Kier alpha value is -3.44. The monoisotopic (exact) mass is 383 g/mol. The molecule has 4 N–H and O–H groups in total. The van der Waals surface area contributed by atoms with Gasteiger partial charge in [0.1, 0.15) is 17.2 Å². The van der Waals surface area contributed by atoms with Crippen LogP contribution < -0.4 is 10.2 Å². The Kier molecular flexibility index (Phi) is 5.57. The normalized spacial score (nSPS) is 20.7. The van der Waals surface area contributed by atoms with Crippen LogP contribution in [0, 0.1) is 11.3 Å². The summed E-state index contributed by atoms with van der Waals surface area (Å²) in [6.07, 6.45) is 3.36. The van der Waals surface area contributed by atoms with Gasteiger partial charge in [-0.3, -0.25) is 0 Å². The van der Waals surface area contributed by atoms with E-state index >= 15 is 0 Å². The molecule has 146 valence electrons. The van der Waals surface area contributed by atoms with Gasteiger partial charge in [-0.15, -0.1) is 0 Å². The van der Waals surface area contributed by atoms with Gasteiger partial charge in [-0.1, -0.05) is 0 Å². The van der Waals surface area contributed by atoms with E-state index in [2.05, 4.69) is 15.0 Å². The topological polar surface area (TPSA) is 126 Å². The molecule has 2 aliphatic rings. The van der Waals surface area contributed by atoms with Gasteiger partial charge in [-0.05, 0) is 37.1 Å². The molecule has 0 unspecified atom stereocenters. The Morgan fingerprint density at radius 1 is 1.36 bits per heavy atom. The first-order valence-corrected chi connectivity index (χ1v) is 8.82. The summed E-state index contributed by atoms with van der Waals surface area (Å²) in [7, 11) is 1.14. The first-order valence-electron chi connectivity index (χ1n) is 8.82. The fourth-order valence-electron chi connectivity index (χ4n) is 3.45. The minimum absolute atomic E-state index is 0.0494. The molecule has 0 bridgehead atoms. The van der Waals surface area contributed by atoms with Gasteiger partial charge in [0.2, 0.25) is 0 Å². The molecule has 1 fully saturated rings. The lowest BCUT2D eigenvalue weighted by atomic mass is 10.1. The second-order valence-electron chi connectivity index (χ2n) is 6.47. The number of aliphatic hydroxyl groups excluding tert-OH is 3. The Morgan fingerprint density at radius 3 is 2.68 bits per heavy atom. The van der Waals surface area contributed by atoms with Crippen LogP contribution in [0.1, 0.15) is 12.8 Å². The fourth-order valence-corrected chi connectivity index (χ4v) is 3.45. The number of allylic oxidation sites excluding steroid dienone is 1. The van der Waals surface area contributed by atoms with Crippen LogP contribution in [0.25, 0.3) is 0 Å². The molecule has 0 spiro atoms. The highest BCUT2D eigenvalue weighted by atomic mass is 16.5. The number of hydrogen-bond donors (Lipinski definition) is 4. The maximum atomic E-state index is 11.9. The number of rotatable bonds is 5. The van der Waals surface area contributed by atoms with Crippen molar-refractivity contribution in [1.82, 2.24) is 0 Å². The summed E-state index contributed by atoms with van der Waals surface area (Å²) < 4.78 is 4.62. The summed E-state index contributed by atoms with van der Waals surface area (Å²) >= 11 is 0. The van der Waals surface area contributed by atoms with Gasteiger partial charge in [-0.25, -0.2) is 4.79 Å². The number of nitrogens with zero attached hydrogens (tertiary/aromatic N) is 2. The lowest BCUT2D eigenvalue weighted by molar-refractivity contribution is -0.135. The van der Waals surface area contributed by atoms with E-state index in [1.54, 1.807) is 6.07 Å². The average Bonchev–Trinajstić information content (AvgIpc) is 3.29. The number of esters is 1. The molecule has 1 aromatic carbocycles. The maximum Gasteiger partial charge on any atom is 0.342 e. The zero-order valence-corrected chi connectivity index (χ0v) is 15.3. The second-order valence-corrected chi connectivity index (χ2v) is 6.47. The number of benzene rings is 1. The molecule has 0 amide bonds. The molecule has 0 aromatic heterocycles. The van der Waals surface area contributed by atoms with Crippen molar-refractivity contribution in [3.63, 3.8) is 0 Å². The molecule has 1 aliphatic heterocycles. The molecule has 1 aliphatic carbocycles. The molecule has 0 radical (unpaired) electrons. The highest BCUT2D eigenvalue weighted by Crippen LogP contribution is 2.35. The number of carbonyl (C=O) groups is 1. The number of anilines is 2. The predicted octanol–water partition coefficient (Wildman–Crippen LogP) is 2.28. The minimum Gasteiger partial charge on any atom is -0.504 e. The van der Waals surface area contributed by atoms with E-state index < -0.39 is 17.5 Å². The third-order valence-corrected chi connectivity index (χ3v) is 4.91. The zero-order valence-electron chi connectivity index (χ0n) is 15.3. The Morgan fingerprint density at radius 2 is 2.07 bits per heavy atom.